The van der Waals surface area contributed by atoms with Crippen LogP contribution < -0.4 is 10.1 Å². The fourth-order valence-corrected chi connectivity index (χ4v) is 3.49. The Morgan fingerprint density at radius 2 is 1.90 bits per heavy atom. The number of halogens is 1. The number of nitrogens with zero attached hydrogens (tertiary/aromatic N) is 3. The number of benzene rings is 2. The van der Waals surface area contributed by atoms with Gasteiger partial charge in [-0.25, -0.2) is 0 Å². The zero-order valence-electron chi connectivity index (χ0n) is 17.3. The number of rotatable bonds is 6. The molecule has 0 aromatic heterocycles. The summed E-state index contributed by atoms with van der Waals surface area (Å²) in [7, 11) is 0. The molecule has 1 aliphatic rings. The van der Waals surface area contributed by atoms with Crippen molar-refractivity contribution in [3.63, 3.8) is 0 Å². The largest absolute Gasteiger partial charge is 0.441 e. The van der Waals surface area contributed by atoms with Crippen LogP contribution in [0, 0.1) is 0 Å². The standard InChI is InChI=1S/C22H25ClN4O2S/c1-4-27-13-21(29-19-11-7-17(23)8-12-19)25-22(26-27)30-14-20(28)24-18-9-5-16(6-10-18)15(2)3/h5-12,15H,4,13-14H2,1-3H3,(H,24,28). The lowest BCUT2D eigenvalue weighted by Gasteiger charge is -2.23. The van der Waals surface area contributed by atoms with Crippen molar-refractivity contribution in [1.29, 1.82) is 0 Å². The number of anilines is 1. The maximum atomic E-state index is 12.3. The molecular weight excluding hydrogens is 420 g/mol. The second-order valence-corrected chi connectivity index (χ2v) is 8.42. The van der Waals surface area contributed by atoms with Crippen molar-refractivity contribution in [2.24, 2.45) is 10.1 Å². The molecule has 0 spiro atoms. The van der Waals surface area contributed by atoms with Gasteiger partial charge in [0.25, 0.3) is 0 Å². The highest BCUT2D eigenvalue weighted by Crippen LogP contribution is 2.20. The van der Waals surface area contributed by atoms with Crippen LogP contribution in [0.4, 0.5) is 5.69 Å². The maximum absolute atomic E-state index is 12.3. The highest BCUT2D eigenvalue weighted by atomic mass is 35.5. The number of thioether (sulfide) groups is 1. The van der Waals surface area contributed by atoms with Gasteiger partial charge in [0.2, 0.25) is 17.0 Å². The third-order valence-corrected chi connectivity index (χ3v) is 5.46. The Morgan fingerprint density at radius 3 is 2.53 bits per heavy atom. The summed E-state index contributed by atoms with van der Waals surface area (Å²) in [5, 5.41) is 10.4. The minimum atomic E-state index is -0.107. The molecule has 1 N–H and O–H groups in total. The fraction of sp³-hybridized carbons (Fsp3) is 0.318. The SMILES string of the molecule is CCN1CC(Oc2ccc(Cl)cc2)=NC(SCC(=O)Nc2ccc(C(C)C)cc2)=N1. The van der Waals surface area contributed by atoms with E-state index in [0.717, 1.165) is 5.69 Å². The topological polar surface area (TPSA) is 66.3 Å². The number of amidine groups is 1. The number of amides is 1. The van der Waals surface area contributed by atoms with E-state index >= 15 is 0 Å². The lowest BCUT2D eigenvalue weighted by molar-refractivity contribution is -0.113. The van der Waals surface area contributed by atoms with E-state index < -0.39 is 0 Å². The molecule has 8 heteroatoms. The van der Waals surface area contributed by atoms with Gasteiger partial charge in [-0.2, -0.15) is 4.99 Å². The predicted molar refractivity (Wildman–Crippen MR) is 126 cm³/mol. The van der Waals surface area contributed by atoms with E-state index in [9.17, 15) is 4.79 Å². The molecule has 1 aliphatic heterocycles. The molecule has 3 rings (SSSR count). The summed E-state index contributed by atoms with van der Waals surface area (Å²) in [4.78, 5) is 16.8. The van der Waals surface area contributed by atoms with Gasteiger partial charge in [0.15, 0.2) is 0 Å². The molecule has 0 unspecified atom stereocenters. The van der Waals surface area contributed by atoms with E-state index in [1.54, 1.807) is 24.3 Å². The number of hydrazone groups is 1. The van der Waals surface area contributed by atoms with Crippen LogP contribution in [0.15, 0.2) is 58.6 Å². The average Bonchev–Trinajstić information content (AvgIpc) is 2.74. The van der Waals surface area contributed by atoms with Gasteiger partial charge in [0.1, 0.15) is 12.3 Å². The van der Waals surface area contributed by atoms with Crippen LogP contribution in [0.2, 0.25) is 5.02 Å². The van der Waals surface area contributed by atoms with Crippen LogP contribution in [0.1, 0.15) is 32.3 Å². The Morgan fingerprint density at radius 1 is 1.20 bits per heavy atom. The van der Waals surface area contributed by atoms with Crippen LogP contribution in [-0.2, 0) is 4.79 Å². The zero-order chi connectivity index (χ0) is 21.5. The number of aliphatic imine (C=N–C) groups is 1. The lowest BCUT2D eigenvalue weighted by atomic mass is 10.0. The molecule has 0 saturated carbocycles. The lowest BCUT2D eigenvalue weighted by Crippen LogP contribution is -2.33. The number of ether oxygens (including phenoxy) is 1. The first kappa shape index (κ1) is 22.2. The van der Waals surface area contributed by atoms with Gasteiger partial charge in [0.05, 0.1) is 5.75 Å². The summed E-state index contributed by atoms with van der Waals surface area (Å²) in [5.74, 6) is 1.74. The van der Waals surface area contributed by atoms with E-state index in [4.69, 9.17) is 16.3 Å². The van der Waals surface area contributed by atoms with Gasteiger partial charge in [-0.1, -0.05) is 49.3 Å². The van der Waals surface area contributed by atoms with Gasteiger partial charge in [-0.3, -0.25) is 9.80 Å². The van der Waals surface area contributed by atoms with Crippen molar-refractivity contribution < 1.29 is 9.53 Å². The van der Waals surface area contributed by atoms with E-state index in [1.165, 1.54) is 17.3 Å². The quantitative estimate of drug-likeness (QED) is 0.663. The van der Waals surface area contributed by atoms with Crippen molar-refractivity contribution in [3.8, 4) is 5.75 Å². The summed E-state index contributed by atoms with van der Waals surface area (Å²) >= 11 is 7.20. The van der Waals surface area contributed by atoms with Crippen LogP contribution in [0.5, 0.6) is 5.75 Å². The number of nitrogens with one attached hydrogen (secondary N) is 1. The van der Waals surface area contributed by atoms with Crippen molar-refractivity contribution in [3.05, 3.63) is 59.1 Å². The van der Waals surface area contributed by atoms with Crippen molar-refractivity contribution >= 4 is 46.0 Å². The van der Waals surface area contributed by atoms with Crippen molar-refractivity contribution in [2.45, 2.75) is 26.7 Å². The minimum Gasteiger partial charge on any atom is -0.441 e. The molecule has 0 fully saturated rings. The Kier molecular flexibility index (Phi) is 7.76. The number of carbonyl (C=O) groups excluding carboxylic acids is 1. The van der Waals surface area contributed by atoms with Crippen LogP contribution >= 0.6 is 23.4 Å². The van der Waals surface area contributed by atoms with Gasteiger partial charge >= 0.3 is 0 Å². The molecule has 2 aromatic rings. The fourth-order valence-electron chi connectivity index (χ4n) is 2.69. The van der Waals surface area contributed by atoms with E-state index in [-0.39, 0.29) is 11.7 Å². The monoisotopic (exact) mass is 444 g/mol. The molecule has 0 saturated heterocycles. The Labute approximate surface area is 186 Å². The second kappa shape index (κ2) is 10.5. The molecule has 2 aromatic carbocycles. The first-order chi connectivity index (χ1) is 14.4. The highest BCUT2D eigenvalue weighted by Gasteiger charge is 2.18. The molecule has 1 heterocycles. The van der Waals surface area contributed by atoms with Gasteiger partial charge < -0.3 is 10.1 Å². The molecule has 0 aliphatic carbocycles. The van der Waals surface area contributed by atoms with Crippen molar-refractivity contribution in [2.75, 3.05) is 24.2 Å². The molecular formula is C22H25ClN4O2S. The molecule has 0 bridgehead atoms. The van der Waals surface area contributed by atoms with Crippen LogP contribution in [0.3, 0.4) is 0 Å². The Balaban J connectivity index is 1.58. The summed E-state index contributed by atoms with van der Waals surface area (Å²) < 4.78 is 5.86. The number of hydrogen-bond donors (Lipinski definition) is 1. The van der Waals surface area contributed by atoms with Crippen LogP contribution in [0.25, 0.3) is 0 Å². The third-order valence-electron chi connectivity index (χ3n) is 4.37. The number of likely N-dealkylation sites (N-methyl/N-ethyl adjacent to an activating group) is 1. The van der Waals surface area contributed by atoms with E-state index in [1.807, 2.05) is 36.2 Å². The minimum absolute atomic E-state index is 0.107. The van der Waals surface area contributed by atoms with E-state index in [0.29, 0.717) is 40.8 Å². The average molecular weight is 445 g/mol. The molecule has 6 nitrogen and oxygen atoms in total. The molecule has 0 atom stereocenters. The van der Waals surface area contributed by atoms with E-state index in [2.05, 4.69) is 29.3 Å². The van der Waals surface area contributed by atoms with Gasteiger partial charge in [0, 0.05) is 17.3 Å². The summed E-state index contributed by atoms with van der Waals surface area (Å²) in [6, 6.07) is 15.0. The molecule has 0 radical (unpaired) electrons. The third kappa shape index (κ3) is 6.50. The van der Waals surface area contributed by atoms with Gasteiger partial charge in [-0.15, -0.1) is 5.10 Å². The number of hydrogen-bond acceptors (Lipinski definition) is 6. The highest BCUT2D eigenvalue weighted by molar-refractivity contribution is 8.14. The maximum Gasteiger partial charge on any atom is 0.234 e. The Hall–Kier alpha value is -2.51. The first-order valence-electron chi connectivity index (χ1n) is 9.80. The van der Waals surface area contributed by atoms with Crippen molar-refractivity contribution in [1.82, 2.24) is 5.01 Å². The zero-order valence-corrected chi connectivity index (χ0v) is 18.8. The summed E-state index contributed by atoms with van der Waals surface area (Å²) in [6.45, 7) is 7.46. The Bertz CT molecular complexity index is 927. The second-order valence-electron chi connectivity index (χ2n) is 7.04. The first-order valence-corrected chi connectivity index (χ1v) is 11.2. The summed E-state index contributed by atoms with van der Waals surface area (Å²) in [6.07, 6.45) is 0. The normalized spacial score (nSPS) is 13.7. The molecule has 158 valence electrons. The molecule has 30 heavy (non-hydrogen) atoms. The molecule has 1 amide bonds. The summed E-state index contributed by atoms with van der Waals surface area (Å²) in [5.41, 5.74) is 2.02. The smallest absolute Gasteiger partial charge is 0.234 e. The van der Waals surface area contributed by atoms with Gasteiger partial charge in [-0.05, 0) is 54.8 Å². The number of carbonyl (C=O) groups is 1. The predicted octanol–water partition coefficient (Wildman–Crippen LogP) is 5.22. The van der Waals surface area contributed by atoms with Crippen LogP contribution in [-0.4, -0.2) is 40.8 Å².